The molecule has 0 unspecified atom stereocenters. The standard InChI is InChI=1S/C20H14BrN5S2/c21-13-2-4-14(5-3-13)24-19-15-7-8-27-18(15)20(26-25-19)22-10-12-1-6-16-17(9-12)28-11-23-16/h1-9,11H,10H2,(H,22,26)(H,24,25). The molecule has 0 aliphatic rings. The Morgan fingerprint density at radius 2 is 1.79 bits per heavy atom. The van der Waals surface area contributed by atoms with E-state index in [2.05, 4.69) is 71.4 Å². The smallest absolute Gasteiger partial charge is 0.167 e. The van der Waals surface area contributed by atoms with E-state index < -0.39 is 0 Å². The number of anilines is 3. The van der Waals surface area contributed by atoms with Crippen molar-refractivity contribution in [2.45, 2.75) is 6.54 Å². The van der Waals surface area contributed by atoms with Gasteiger partial charge in [-0.25, -0.2) is 4.98 Å². The molecule has 28 heavy (non-hydrogen) atoms. The van der Waals surface area contributed by atoms with Crippen LogP contribution in [-0.4, -0.2) is 15.2 Å². The van der Waals surface area contributed by atoms with Crippen molar-refractivity contribution in [3.63, 3.8) is 0 Å². The summed E-state index contributed by atoms with van der Waals surface area (Å²) >= 11 is 6.77. The summed E-state index contributed by atoms with van der Waals surface area (Å²) < 4.78 is 3.33. The quantitative estimate of drug-likeness (QED) is 0.312. The molecule has 2 N–H and O–H groups in total. The fourth-order valence-corrected chi connectivity index (χ4v) is 4.81. The number of halogens is 1. The second-order valence-corrected chi connectivity index (χ2v) is 8.92. The van der Waals surface area contributed by atoms with Crippen LogP contribution in [0.3, 0.4) is 0 Å². The van der Waals surface area contributed by atoms with Gasteiger partial charge in [-0.2, -0.15) is 0 Å². The van der Waals surface area contributed by atoms with Crippen LogP contribution < -0.4 is 10.6 Å². The monoisotopic (exact) mass is 467 g/mol. The summed E-state index contributed by atoms with van der Waals surface area (Å²) in [6.07, 6.45) is 0. The second kappa shape index (κ2) is 7.46. The zero-order chi connectivity index (χ0) is 18.9. The van der Waals surface area contributed by atoms with Gasteiger partial charge in [0.15, 0.2) is 11.6 Å². The third-order valence-electron chi connectivity index (χ3n) is 4.35. The summed E-state index contributed by atoms with van der Waals surface area (Å²) in [6, 6.07) is 16.4. The van der Waals surface area contributed by atoms with Gasteiger partial charge in [0.25, 0.3) is 0 Å². The van der Waals surface area contributed by atoms with E-state index in [9.17, 15) is 0 Å². The number of thiazole rings is 1. The Labute approximate surface area is 177 Å². The average molecular weight is 468 g/mol. The van der Waals surface area contributed by atoms with Gasteiger partial charge in [-0.05, 0) is 53.4 Å². The number of hydrogen-bond donors (Lipinski definition) is 2. The number of nitrogens with one attached hydrogen (secondary N) is 2. The summed E-state index contributed by atoms with van der Waals surface area (Å²) in [4.78, 5) is 4.33. The number of rotatable bonds is 5. The van der Waals surface area contributed by atoms with Crippen molar-refractivity contribution in [3.05, 3.63) is 69.5 Å². The third-order valence-corrected chi connectivity index (χ3v) is 6.59. The summed E-state index contributed by atoms with van der Waals surface area (Å²) in [5.41, 5.74) is 5.08. The van der Waals surface area contributed by atoms with Gasteiger partial charge in [-0.15, -0.1) is 32.9 Å². The first-order chi connectivity index (χ1) is 13.8. The van der Waals surface area contributed by atoms with Crippen molar-refractivity contribution in [2.75, 3.05) is 10.6 Å². The third kappa shape index (κ3) is 3.46. The van der Waals surface area contributed by atoms with Gasteiger partial charge >= 0.3 is 0 Å². The second-order valence-electron chi connectivity index (χ2n) is 6.20. The molecule has 2 aromatic carbocycles. The SMILES string of the molecule is Brc1ccc(Nc2nnc(NCc3ccc4ncsc4c3)c3sccc23)cc1. The minimum absolute atomic E-state index is 0.689. The minimum Gasteiger partial charge on any atom is -0.363 e. The lowest BCUT2D eigenvalue weighted by atomic mass is 10.2. The Hall–Kier alpha value is -2.55. The van der Waals surface area contributed by atoms with Crippen LogP contribution >= 0.6 is 38.6 Å². The Bertz CT molecular complexity index is 1260. The molecular weight excluding hydrogens is 454 g/mol. The lowest BCUT2D eigenvalue weighted by molar-refractivity contribution is 1.02. The number of aromatic nitrogens is 3. The van der Waals surface area contributed by atoms with Crippen molar-refractivity contribution >= 4 is 76.2 Å². The van der Waals surface area contributed by atoms with Crippen LogP contribution in [0.1, 0.15) is 5.56 Å². The first kappa shape index (κ1) is 17.5. The molecule has 0 spiro atoms. The molecule has 0 aliphatic heterocycles. The van der Waals surface area contributed by atoms with E-state index in [1.165, 1.54) is 10.3 Å². The number of hydrogen-bond acceptors (Lipinski definition) is 7. The van der Waals surface area contributed by atoms with Crippen LogP contribution in [0.25, 0.3) is 20.3 Å². The molecule has 0 radical (unpaired) electrons. The highest BCUT2D eigenvalue weighted by Crippen LogP contribution is 2.33. The average Bonchev–Trinajstić information content (AvgIpc) is 3.38. The van der Waals surface area contributed by atoms with E-state index in [-0.39, 0.29) is 0 Å². The fourth-order valence-electron chi connectivity index (χ4n) is 2.95. The predicted molar refractivity (Wildman–Crippen MR) is 122 cm³/mol. The number of fused-ring (bicyclic) bond motifs is 2. The maximum Gasteiger partial charge on any atom is 0.167 e. The Balaban J connectivity index is 1.39. The molecule has 8 heteroatoms. The number of nitrogens with zero attached hydrogens (tertiary/aromatic N) is 3. The molecular formula is C20H14BrN5S2. The summed E-state index contributed by atoms with van der Waals surface area (Å²) in [6.45, 7) is 0.689. The van der Waals surface area contributed by atoms with E-state index in [0.29, 0.717) is 6.54 Å². The molecule has 3 aromatic heterocycles. The van der Waals surface area contributed by atoms with Gasteiger partial charge in [0.05, 0.1) is 20.4 Å². The van der Waals surface area contributed by atoms with E-state index in [4.69, 9.17) is 0 Å². The Morgan fingerprint density at radius 1 is 0.929 bits per heavy atom. The molecule has 5 nitrogen and oxygen atoms in total. The molecule has 0 saturated carbocycles. The van der Waals surface area contributed by atoms with Gasteiger partial charge < -0.3 is 10.6 Å². The first-order valence-corrected chi connectivity index (χ1v) is 11.1. The van der Waals surface area contributed by atoms with Crippen molar-refractivity contribution in [2.24, 2.45) is 0 Å². The largest absolute Gasteiger partial charge is 0.363 e. The van der Waals surface area contributed by atoms with Crippen LogP contribution in [0.4, 0.5) is 17.3 Å². The Morgan fingerprint density at radius 3 is 2.68 bits per heavy atom. The molecule has 0 aliphatic carbocycles. The highest BCUT2D eigenvalue weighted by Gasteiger charge is 2.11. The van der Waals surface area contributed by atoms with Gasteiger partial charge in [0.2, 0.25) is 0 Å². The molecule has 3 heterocycles. The topological polar surface area (TPSA) is 62.7 Å². The molecule has 0 atom stereocenters. The zero-order valence-electron chi connectivity index (χ0n) is 14.5. The molecule has 0 saturated heterocycles. The number of thiophene rings is 1. The van der Waals surface area contributed by atoms with Crippen LogP contribution in [0.15, 0.2) is 63.9 Å². The molecule has 5 rings (SSSR count). The van der Waals surface area contributed by atoms with Crippen LogP contribution in [-0.2, 0) is 6.54 Å². The van der Waals surface area contributed by atoms with Crippen molar-refractivity contribution in [1.29, 1.82) is 0 Å². The molecule has 0 amide bonds. The molecule has 5 aromatic rings. The van der Waals surface area contributed by atoms with Crippen molar-refractivity contribution < 1.29 is 0 Å². The van der Waals surface area contributed by atoms with E-state index in [1.54, 1.807) is 22.7 Å². The van der Waals surface area contributed by atoms with Crippen LogP contribution in [0.2, 0.25) is 0 Å². The maximum atomic E-state index is 4.43. The predicted octanol–water partition coefficient (Wildman–Crippen LogP) is 6.42. The minimum atomic E-state index is 0.689. The maximum absolute atomic E-state index is 4.43. The molecule has 138 valence electrons. The lowest BCUT2D eigenvalue weighted by Crippen LogP contribution is -2.04. The summed E-state index contributed by atoms with van der Waals surface area (Å²) in [5.74, 6) is 1.56. The highest BCUT2D eigenvalue weighted by atomic mass is 79.9. The summed E-state index contributed by atoms with van der Waals surface area (Å²) in [5, 5.41) is 18.8. The van der Waals surface area contributed by atoms with Gasteiger partial charge in [-0.3, -0.25) is 0 Å². The zero-order valence-corrected chi connectivity index (χ0v) is 17.7. The Kier molecular flexibility index (Phi) is 4.67. The molecule has 0 fully saturated rings. The van der Waals surface area contributed by atoms with Gasteiger partial charge in [0.1, 0.15) is 0 Å². The highest BCUT2D eigenvalue weighted by molar-refractivity contribution is 9.10. The van der Waals surface area contributed by atoms with Crippen LogP contribution in [0, 0.1) is 0 Å². The van der Waals surface area contributed by atoms with E-state index >= 15 is 0 Å². The number of benzene rings is 2. The molecule has 0 bridgehead atoms. The first-order valence-electron chi connectivity index (χ1n) is 8.59. The van der Waals surface area contributed by atoms with E-state index in [1.807, 2.05) is 29.8 Å². The normalized spacial score (nSPS) is 11.2. The summed E-state index contributed by atoms with van der Waals surface area (Å²) in [7, 11) is 0. The van der Waals surface area contributed by atoms with Crippen molar-refractivity contribution in [3.8, 4) is 0 Å². The fraction of sp³-hybridized carbons (Fsp3) is 0.0500. The lowest BCUT2D eigenvalue weighted by Gasteiger charge is -2.10. The van der Waals surface area contributed by atoms with Crippen molar-refractivity contribution in [1.82, 2.24) is 15.2 Å². The van der Waals surface area contributed by atoms with Crippen LogP contribution in [0.5, 0.6) is 0 Å². The van der Waals surface area contributed by atoms with Gasteiger partial charge in [-0.1, -0.05) is 22.0 Å². The van der Waals surface area contributed by atoms with E-state index in [0.717, 1.165) is 37.4 Å². The van der Waals surface area contributed by atoms with Gasteiger partial charge in [0, 0.05) is 22.1 Å².